The molecule has 1 aliphatic heterocycles. The Kier molecular flexibility index (Phi) is 2.58. The number of halogens is 1. The summed E-state index contributed by atoms with van der Waals surface area (Å²) in [5, 5.41) is 12.1. The van der Waals surface area contributed by atoms with Crippen LogP contribution in [0.1, 0.15) is 12.0 Å². The van der Waals surface area contributed by atoms with Crippen LogP contribution in [0.25, 0.3) is 0 Å². The Morgan fingerprint density at radius 2 is 2.21 bits per heavy atom. The topological polar surface area (TPSA) is 70.0 Å². The number of nitrogens with one attached hydrogen (secondary N) is 1. The lowest BCUT2D eigenvalue weighted by Crippen LogP contribution is -2.42. The first-order chi connectivity index (χ1) is 9.09. The fourth-order valence-electron chi connectivity index (χ4n) is 2.80. The van der Waals surface area contributed by atoms with Crippen molar-refractivity contribution in [2.75, 3.05) is 5.32 Å². The Morgan fingerprint density at radius 1 is 1.42 bits per heavy atom. The molecule has 0 saturated carbocycles. The standard InChI is InChI=1S/C14H9BrN2O2/c15-10-2-1-3-11-12(10)14(13(19)17-11)5-4-9(18)6-8(14)7-16/h1-5,8H,6H2,(H,17,19)/t8-,14-/m0/s1. The smallest absolute Gasteiger partial charge is 0.240 e. The van der Waals surface area contributed by atoms with E-state index >= 15 is 0 Å². The van der Waals surface area contributed by atoms with E-state index in [0.29, 0.717) is 5.69 Å². The van der Waals surface area contributed by atoms with E-state index in [1.54, 1.807) is 12.1 Å². The third kappa shape index (κ3) is 1.50. The van der Waals surface area contributed by atoms with Crippen LogP contribution in [0.4, 0.5) is 5.69 Å². The van der Waals surface area contributed by atoms with Crippen molar-refractivity contribution >= 4 is 33.3 Å². The van der Waals surface area contributed by atoms with E-state index in [4.69, 9.17) is 0 Å². The molecule has 1 amide bonds. The summed E-state index contributed by atoms with van der Waals surface area (Å²) >= 11 is 3.44. The number of amides is 1. The van der Waals surface area contributed by atoms with Gasteiger partial charge in [-0.3, -0.25) is 9.59 Å². The van der Waals surface area contributed by atoms with E-state index in [1.165, 1.54) is 6.08 Å². The zero-order chi connectivity index (χ0) is 13.6. The van der Waals surface area contributed by atoms with E-state index in [-0.39, 0.29) is 18.1 Å². The summed E-state index contributed by atoms with van der Waals surface area (Å²) in [4.78, 5) is 23.9. The monoisotopic (exact) mass is 316 g/mol. The molecule has 0 bridgehead atoms. The molecule has 1 spiro atoms. The number of carbonyl (C=O) groups is 2. The molecule has 2 atom stereocenters. The van der Waals surface area contributed by atoms with Crippen molar-refractivity contribution in [3.05, 3.63) is 40.4 Å². The molecule has 1 N–H and O–H groups in total. The van der Waals surface area contributed by atoms with Crippen LogP contribution in [0.2, 0.25) is 0 Å². The maximum Gasteiger partial charge on any atom is 0.240 e. The Labute approximate surface area is 118 Å². The normalized spacial score (nSPS) is 28.1. The van der Waals surface area contributed by atoms with Crippen molar-refractivity contribution in [1.82, 2.24) is 0 Å². The Morgan fingerprint density at radius 3 is 2.95 bits per heavy atom. The molecule has 0 aromatic heterocycles. The summed E-state index contributed by atoms with van der Waals surface area (Å²) in [6.45, 7) is 0. The summed E-state index contributed by atoms with van der Waals surface area (Å²) < 4.78 is 0.766. The highest BCUT2D eigenvalue weighted by molar-refractivity contribution is 9.10. The van der Waals surface area contributed by atoms with Gasteiger partial charge in [-0.05, 0) is 18.2 Å². The van der Waals surface area contributed by atoms with Gasteiger partial charge in [0, 0.05) is 22.1 Å². The first-order valence-electron chi connectivity index (χ1n) is 5.81. The molecule has 2 aliphatic rings. The Balaban J connectivity index is 2.31. The lowest BCUT2D eigenvalue weighted by molar-refractivity contribution is -0.122. The number of fused-ring (bicyclic) bond motifs is 2. The molecule has 1 aromatic carbocycles. The number of anilines is 1. The molecular formula is C14H9BrN2O2. The summed E-state index contributed by atoms with van der Waals surface area (Å²) in [7, 11) is 0. The van der Waals surface area contributed by atoms with E-state index in [9.17, 15) is 14.9 Å². The highest BCUT2D eigenvalue weighted by atomic mass is 79.9. The average Bonchev–Trinajstić information content (AvgIpc) is 2.67. The number of hydrogen-bond acceptors (Lipinski definition) is 3. The number of carbonyl (C=O) groups excluding carboxylic acids is 2. The van der Waals surface area contributed by atoms with Gasteiger partial charge in [0.05, 0.1) is 12.0 Å². The van der Waals surface area contributed by atoms with Gasteiger partial charge in [0.2, 0.25) is 5.91 Å². The van der Waals surface area contributed by atoms with Crippen LogP contribution in [0, 0.1) is 17.2 Å². The maximum atomic E-state index is 12.4. The zero-order valence-corrected chi connectivity index (χ0v) is 11.4. The minimum absolute atomic E-state index is 0.0706. The first-order valence-corrected chi connectivity index (χ1v) is 6.61. The van der Waals surface area contributed by atoms with Gasteiger partial charge in [-0.25, -0.2) is 0 Å². The highest BCUT2D eigenvalue weighted by Gasteiger charge is 2.53. The van der Waals surface area contributed by atoms with Gasteiger partial charge in [0.15, 0.2) is 5.78 Å². The molecule has 1 heterocycles. The quantitative estimate of drug-likeness (QED) is 0.798. The van der Waals surface area contributed by atoms with E-state index in [1.807, 2.05) is 12.1 Å². The van der Waals surface area contributed by atoms with Gasteiger partial charge in [0.25, 0.3) is 0 Å². The molecule has 94 valence electrons. The van der Waals surface area contributed by atoms with Crippen molar-refractivity contribution in [2.24, 2.45) is 5.92 Å². The largest absolute Gasteiger partial charge is 0.325 e. The summed E-state index contributed by atoms with van der Waals surface area (Å²) in [5.41, 5.74) is 0.381. The molecule has 0 saturated heterocycles. The third-order valence-electron chi connectivity index (χ3n) is 3.69. The van der Waals surface area contributed by atoms with Crippen molar-refractivity contribution in [3.8, 4) is 6.07 Å². The molecule has 1 aromatic rings. The summed E-state index contributed by atoms with van der Waals surface area (Å²) in [6.07, 6.45) is 3.04. The zero-order valence-electron chi connectivity index (χ0n) is 9.81. The molecule has 0 unspecified atom stereocenters. The van der Waals surface area contributed by atoms with Gasteiger partial charge in [-0.15, -0.1) is 0 Å². The fourth-order valence-corrected chi connectivity index (χ4v) is 3.49. The first kappa shape index (κ1) is 12.1. The van der Waals surface area contributed by atoms with Crippen molar-refractivity contribution in [3.63, 3.8) is 0 Å². The van der Waals surface area contributed by atoms with Crippen LogP contribution in [-0.2, 0) is 15.0 Å². The van der Waals surface area contributed by atoms with Crippen LogP contribution in [0.15, 0.2) is 34.8 Å². The van der Waals surface area contributed by atoms with Gasteiger partial charge >= 0.3 is 0 Å². The van der Waals surface area contributed by atoms with Gasteiger partial charge in [0.1, 0.15) is 5.41 Å². The molecule has 5 heteroatoms. The van der Waals surface area contributed by atoms with Crippen LogP contribution < -0.4 is 5.32 Å². The number of rotatable bonds is 0. The number of nitriles is 1. The number of benzene rings is 1. The van der Waals surface area contributed by atoms with E-state index in [2.05, 4.69) is 27.3 Å². The summed E-state index contributed by atoms with van der Waals surface area (Å²) in [6, 6.07) is 7.56. The Bertz CT molecular complexity index is 675. The minimum atomic E-state index is -1.06. The maximum absolute atomic E-state index is 12.4. The Hall–Kier alpha value is -1.93. The predicted molar refractivity (Wildman–Crippen MR) is 72.3 cm³/mol. The van der Waals surface area contributed by atoms with Crippen LogP contribution in [-0.4, -0.2) is 11.7 Å². The molecule has 19 heavy (non-hydrogen) atoms. The molecular weight excluding hydrogens is 308 g/mol. The lowest BCUT2D eigenvalue weighted by atomic mass is 9.67. The SMILES string of the molecule is N#C[C@@H]1CC(=O)C=C[C@]12C(=O)Nc1cccc(Br)c12. The lowest BCUT2D eigenvalue weighted by Gasteiger charge is -2.31. The molecule has 0 radical (unpaired) electrons. The fraction of sp³-hybridized carbons (Fsp3) is 0.214. The number of hydrogen-bond donors (Lipinski definition) is 1. The van der Waals surface area contributed by atoms with Crippen LogP contribution >= 0.6 is 15.9 Å². The second-order valence-corrected chi connectivity index (χ2v) is 5.53. The highest BCUT2D eigenvalue weighted by Crippen LogP contribution is 2.49. The van der Waals surface area contributed by atoms with E-state index in [0.717, 1.165) is 10.0 Å². The second kappa shape index (κ2) is 4.04. The number of allylic oxidation sites excluding steroid dienone is 1. The van der Waals surface area contributed by atoms with Crippen molar-refractivity contribution in [2.45, 2.75) is 11.8 Å². The van der Waals surface area contributed by atoms with E-state index < -0.39 is 11.3 Å². The van der Waals surface area contributed by atoms with Gasteiger partial charge in [-0.2, -0.15) is 5.26 Å². The van der Waals surface area contributed by atoms with Crippen LogP contribution in [0.3, 0.4) is 0 Å². The molecule has 1 aliphatic carbocycles. The minimum Gasteiger partial charge on any atom is -0.325 e. The van der Waals surface area contributed by atoms with Gasteiger partial charge < -0.3 is 5.32 Å². The van der Waals surface area contributed by atoms with Crippen molar-refractivity contribution < 1.29 is 9.59 Å². The second-order valence-electron chi connectivity index (χ2n) is 4.67. The van der Waals surface area contributed by atoms with Crippen LogP contribution in [0.5, 0.6) is 0 Å². The molecule has 4 nitrogen and oxygen atoms in total. The van der Waals surface area contributed by atoms with Gasteiger partial charge in [-0.1, -0.05) is 28.1 Å². The molecule has 0 fully saturated rings. The number of nitrogens with zero attached hydrogens (tertiary/aromatic N) is 1. The number of ketones is 1. The van der Waals surface area contributed by atoms with Crippen molar-refractivity contribution in [1.29, 1.82) is 5.26 Å². The molecule has 3 rings (SSSR count). The summed E-state index contributed by atoms with van der Waals surface area (Å²) in [5.74, 6) is -1.04. The average molecular weight is 317 g/mol. The predicted octanol–water partition coefficient (Wildman–Crippen LogP) is 2.31. The third-order valence-corrected chi connectivity index (χ3v) is 4.35.